The largest absolute Gasteiger partial charge is 0.392 e. The second-order valence-electron chi connectivity index (χ2n) is 3.07. The van der Waals surface area contributed by atoms with Gasteiger partial charge in [0.1, 0.15) is 5.82 Å². The fraction of sp³-hybridized carbons (Fsp3) is 0.182. The summed E-state index contributed by atoms with van der Waals surface area (Å²) in [6.07, 6.45) is 3.34. The molecule has 1 aromatic carbocycles. The molecule has 0 heterocycles. The van der Waals surface area contributed by atoms with Gasteiger partial charge in [0.05, 0.1) is 6.61 Å². The van der Waals surface area contributed by atoms with E-state index in [2.05, 4.69) is 0 Å². The van der Waals surface area contributed by atoms with Gasteiger partial charge in [0.25, 0.3) is 0 Å². The molecule has 0 aliphatic heterocycles. The second-order valence-corrected chi connectivity index (χ2v) is 3.07. The van der Waals surface area contributed by atoms with Crippen LogP contribution in [-0.4, -0.2) is 11.0 Å². The zero-order valence-electron chi connectivity index (χ0n) is 8.11. The molecule has 0 atom stereocenters. The van der Waals surface area contributed by atoms with Crippen molar-refractivity contribution in [3.8, 4) is 0 Å². The average Bonchev–Trinajstić information content (AvgIpc) is 2.19. The van der Waals surface area contributed by atoms with Crippen LogP contribution in [0.1, 0.15) is 17.5 Å². The van der Waals surface area contributed by atoms with Gasteiger partial charge in [-0.05, 0) is 23.3 Å². The molecule has 15 heavy (non-hydrogen) atoms. The molecule has 0 spiro atoms. The molecule has 0 aliphatic rings. The fourth-order valence-electron chi connectivity index (χ4n) is 1.18. The highest BCUT2D eigenvalue weighted by Gasteiger charge is 2.00. The Hall–Kier alpha value is -1.68. The third kappa shape index (κ3) is 3.52. The predicted molar refractivity (Wildman–Crippen MR) is 55.2 cm³/mol. The quantitative estimate of drug-likeness (QED) is 0.782. The van der Waals surface area contributed by atoms with Gasteiger partial charge in [0.15, 0.2) is 0 Å². The fourth-order valence-corrected chi connectivity index (χ4v) is 1.18. The standard InChI is InChI=1S/C11H12FNO2/c12-10-5-4-8(9(6-10)7-14)2-1-3-11(13)15/h1-2,4-6,14H,3,7H2,(H2,13,15). The molecule has 0 unspecified atom stereocenters. The molecular weight excluding hydrogens is 197 g/mol. The zero-order chi connectivity index (χ0) is 11.3. The lowest BCUT2D eigenvalue weighted by Crippen LogP contribution is -2.07. The smallest absolute Gasteiger partial charge is 0.221 e. The van der Waals surface area contributed by atoms with Crippen LogP contribution in [0.3, 0.4) is 0 Å². The molecule has 80 valence electrons. The number of primary amides is 1. The number of hydrogen-bond donors (Lipinski definition) is 2. The average molecular weight is 209 g/mol. The van der Waals surface area contributed by atoms with Gasteiger partial charge < -0.3 is 10.8 Å². The molecule has 3 N–H and O–H groups in total. The minimum absolute atomic E-state index is 0.127. The Bertz CT molecular complexity index is 388. The van der Waals surface area contributed by atoms with E-state index in [0.29, 0.717) is 11.1 Å². The number of nitrogens with two attached hydrogens (primary N) is 1. The highest BCUT2D eigenvalue weighted by molar-refractivity contribution is 5.76. The number of aliphatic hydroxyl groups is 1. The highest BCUT2D eigenvalue weighted by Crippen LogP contribution is 2.13. The minimum Gasteiger partial charge on any atom is -0.392 e. The third-order valence-corrected chi connectivity index (χ3v) is 1.89. The van der Waals surface area contributed by atoms with Crippen LogP contribution in [0, 0.1) is 5.82 Å². The lowest BCUT2D eigenvalue weighted by molar-refractivity contribution is -0.117. The van der Waals surface area contributed by atoms with E-state index in [1.165, 1.54) is 12.1 Å². The van der Waals surface area contributed by atoms with Crippen molar-refractivity contribution in [3.05, 3.63) is 41.2 Å². The number of carbonyl (C=O) groups is 1. The van der Waals surface area contributed by atoms with Gasteiger partial charge in [-0.2, -0.15) is 0 Å². The van der Waals surface area contributed by atoms with E-state index in [4.69, 9.17) is 10.8 Å². The predicted octanol–water partition coefficient (Wildman–Crippen LogP) is 1.21. The van der Waals surface area contributed by atoms with E-state index in [9.17, 15) is 9.18 Å². The summed E-state index contributed by atoms with van der Waals surface area (Å²) in [4.78, 5) is 10.5. The summed E-state index contributed by atoms with van der Waals surface area (Å²) in [5.41, 5.74) is 6.11. The van der Waals surface area contributed by atoms with Gasteiger partial charge in [-0.25, -0.2) is 4.39 Å². The summed E-state index contributed by atoms with van der Waals surface area (Å²) >= 11 is 0. The first-order valence-electron chi connectivity index (χ1n) is 4.47. The monoisotopic (exact) mass is 209 g/mol. The second kappa shape index (κ2) is 5.26. The number of halogens is 1. The molecule has 3 nitrogen and oxygen atoms in total. The molecule has 0 fully saturated rings. The van der Waals surface area contributed by atoms with Crippen molar-refractivity contribution in [2.24, 2.45) is 5.73 Å². The minimum atomic E-state index is -0.432. The molecule has 0 saturated heterocycles. The molecule has 0 radical (unpaired) electrons. The molecule has 1 amide bonds. The van der Waals surface area contributed by atoms with E-state index >= 15 is 0 Å². The normalized spacial score (nSPS) is 10.8. The van der Waals surface area contributed by atoms with Crippen LogP contribution in [0.2, 0.25) is 0 Å². The zero-order valence-corrected chi connectivity index (χ0v) is 8.11. The van der Waals surface area contributed by atoms with Crippen LogP contribution in [0.5, 0.6) is 0 Å². The number of rotatable bonds is 4. The summed E-state index contributed by atoms with van der Waals surface area (Å²) in [5.74, 6) is -0.829. The SMILES string of the molecule is NC(=O)CC=Cc1ccc(F)cc1CO. The maximum Gasteiger partial charge on any atom is 0.221 e. The van der Waals surface area contributed by atoms with Crippen molar-refractivity contribution in [1.29, 1.82) is 0 Å². The van der Waals surface area contributed by atoms with E-state index in [0.717, 1.165) is 0 Å². The van der Waals surface area contributed by atoms with E-state index in [-0.39, 0.29) is 13.0 Å². The molecule has 0 aliphatic carbocycles. The number of benzene rings is 1. The van der Waals surface area contributed by atoms with Crippen LogP contribution in [0.4, 0.5) is 4.39 Å². The van der Waals surface area contributed by atoms with Crippen molar-refractivity contribution < 1.29 is 14.3 Å². The van der Waals surface area contributed by atoms with Crippen LogP contribution in [0.15, 0.2) is 24.3 Å². The van der Waals surface area contributed by atoms with Gasteiger partial charge in [0, 0.05) is 6.42 Å². The van der Waals surface area contributed by atoms with Gasteiger partial charge in [-0.15, -0.1) is 0 Å². The molecule has 4 heteroatoms. The molecule has 0 bridgehead atoms. The Balaban J connectivity index is 2.84. The molecule has 0 saturated carbocycles. The Labute approximate surface area is 87.0 Å². The highest BCUT2D eigenvalue weighted by atomic mass is 19.1. The first-order valence-corrected chi connectivity index (χ1v) is 4.47. The van der Waals surface area contributed by atoms with Crippen LogP contribution in [0.25, 0.3) is 6.08 Å². The van der Waals surface area contributed by atoms with Crippen molar-refractivity contribution in [2.75, 3.05) is 0 Å². The molecule has 1 aromatic rings. The van der Waals surface area contributed by atoms with E-state index in [1.807, 2.05) is 0 Å². The van der Waals surface area contributed by atoms with Crippen molar-refractivity contribution >= 4 is 12.0 Å². The van der Waals surface area contributed by atoms with Gasteiger partial charge >= 0.3 is 0 Å². The van der Waals surface area contributed by atoms with Crippen molar-refractivity contribution in [3.63, 3.8) is 0 Å². The van der Waals surface area contributed by atoms with Gasteiger partial charge in [0.2, 0.25) is 5.91 Å². The summed E-state index contributed by atoms with van der Waals surface area (Å²) in [6, 6.07) is 4.09. The topological polar surface area (TPSA) is 63.3 Å². The summed E-state index contributed by atoms with van der Waals surface area (Å²) < 4.78 is 12.8. The number of aliphatic hydroxyl groups excluding tert-OH is 1. The number of hydrogen-bond acceptors (Lipinski definition) is 2. The van der Waals surface area contributed by atoms with Crippen LogP contribution < -0.4 is 5.73 Å². The Kier molecular flexibility index (Phi) is 4.00. The Morgan fingerprint density at radius 2 is 2.27 bits per heavy atom. The van der Waals surface area contributed by atoms with E-state index in [1.54, 1.807) is 18.2 Å². The molecule has 1 rings (SSSR count). The first kappa shape index (κ1) is 11.4. The summed E-state index contributed by atoms with van der Waals surface area (Å²) in [7, 11) is 0. The van der Waals surface area contributed by atoms with E-state index < -0.39 is 11.7 Å². The maximum atomic E-state index is 12.8. The van der Waals surface area contributed by atoms with Gasteiger partial charge in [-0.3, -0.25) is 4.79 Å². The Morgan fingerprint density at radius 3 is 2.87 bits per heavy atom. The van der Waals surface area contributed by atoms with Crippen LogP contribution >= 0.6 is 0 Å². The third-order valence-electron chi connectivity index (χ3n) is 1.89. The van der Waals surface area contributed by atoms with Crippen molar-refractivity contribution in [1.82, 2.24) is 0 Å². The lowest BCUT2D eigenvalue weighted by atomic mass is 10.1. The maximum absolute atomic E-state index is 12.8. The number of amides is 1. The summed E-state index contributed by atoms with van der Waals surface area (Å²) in [5, 5.41) is 8.96. The Morgan fingerprint density at radius 1 is 1.53 bits per heavy atom. The first-order chi connectivity index (χ1) is 7.13. The van der Waals surface area contributed by atoms with Gasteiger partial charge in [-0.1, -0.05) is 18.2 Å². The summed E-state index contributed by atoms with van der Waals surface area (Å²) in [6.45, 7) is -0.242. The van der Waals surface area contributed by atoms with Crippen molar-refractivity contribution in [2.45, 2.75) is 13.0 Å². The number of carbonyl (C=O) groups excluding carboxylic acids is 1. The molecule has 0 aromatic heterocycles. The van der Waals surface area contributed by atoms with Crippen LogP contribution in [-0.2, 0) is 11.4 Å². The molecular formula is C11H12FNO2. The lowest BCUT2D eigenvalue weighted by Gasteiger charge is -2.02.